The number of carbonyl (C=O) groups is 2. The Bertz CT molecular complexity index is 999. The number of benzene rings is 1. The number of hydrogen-bond acceptors (Lipinski definition) is 6. The lowest BCUT2D eigenvalue weighted by molar-refractivity contribution is -0.143. The summed E-state index contributed by atoms with van der Waals surface area (Å²) in [7, 11) is -3.96. The summed E-state index contributed by atoms with van der Waals surface area (Å²) >= 11 is 5.96. The van der Waals surface area contributed by atoms with E-state index in [0.29, 0.717) is 25.9 Å². The molecule has 1 aromatic carbocycles. The normalized spacial score (nSPS) is 24.6. The highest BCUT2D eigenvalue weighted by Gasteiger charge is 2.36. The van der Waals surface area contributed by atoms with Gasteiger partial charge in [-0.25, -0.2) is 8.42 Å². The van der Waals surface area contributed by atoms with Crippen molar-refractivity contribution in [3.8, 4) is 0 Å². The number of nitrogens with two attached hydrogens (primary N) is 1. The smallest absolute Gasteiger partial charge is 0.242 e. The van der Waals surface area contributed by atoms with Crippen molar-refractivity contribution in [2.24, 2.45) is 0 Å². The van der Waals surface area contributed by atoms with Crippen LogP contribution in [0.3, 0.4) is 0 Å². The first-order valence-corrected chi connectivity index (χ1v) is 13.5. The highest BCUT2D eigenvalue weighted by atomic mass is 35.5. The molecule has 0 aliphatic carbocycles. The second-order valence-electron chi connectivity index (χ2n) is 9.15. The Morgan fingerprint density at radius 3 is 2.55 bits per heavy atom. The van der Waals surface area contributed by atoms with Gasteiger partial charge in [0.05, 0.1) is 22.2 Å². The van der Waals surface area contributed by atoms with Gasteiger partial charge in [-0.2, -0.15) is 4.72 Å². The number of rotatable bonds is 7. The average Bonchev–Trinajstić information content (AvgIpc) is 3.45. The minimum atomic E-state index is -3.96. The summed E-state index contributed by atoms with van der Waals surface area (Å²) in [5, 5.41) is 0.133. The summed E-state index contributed by atoms with van der Waals surface area (Å²) < 4.78 is 28.1. The molecule has 33 heavy (non-hydrogen) atoms. The lowest BCUT2D eigenvalue weighted by Crippen LogP contribution is -2.55. The van der Waals surface area contributed by atoms with Crippen LogP contribution in [0.5, 0.6) is 0 Å². The summed E-state index contributed by atoms with van der Waals surface area (Å²) in [5.74, 6) is -0.422. The van der Waals surface area contributed by atoms with Crippen LogP contribution in [-0.4, -0.2) is 86.3 Å². The van der Waals surface area contributed by atoms with E-state index in [1.54, 1.807) is 0 Å². The topological polar surface area (TPSA) is 116 Å². The van der Waals surface area contributed by atoms with Crippen molar-refractivity contribution < 1.29 is 18.0 Å². The third kappa shape index (κ3) is 5.62. The van der Waals surface area contributed by atoms with Crippen molar-refractivity contribution in [1.29, 1.82) is 0 Å². The number of nitrogen functional groups attached to an aromatic ring is 1. The summed E-state index contributed by atoms with van der Waals surface area (Å²) in [5.41, 5.74) is 5.94. The molecule has 0 aromatic heterocycles. The van der Waals surface area contributed by atoms with Crippen molar-refractivity contribution in [3.63, 3.8) is 0 Å². The van der Waals surface area contributed by atoms with Crippen LogP contribution in [0.25, 0.3) is 0 Å². The van der Waals surface area contributed by atoms with Crippen molar-refractivity contribution in [2.45, 2.75) is 55.5 Å². The molecule has 0 spiro atoms. The number of hydrogen-bond donors (Lipinski definition) is 2. The fourth-order valence-electron chi connectivity index (χ4n) is 5.01. The van der Waals surface area contributed by atoms with Gasteiger partial charge in [-0.05, 0) is 69.8 Å². The molecule has 0 bridgehead atoms. The molecule has 1 aromatic rings. The number of anilines is 1. The lowest BCUT2D eigenvalue weighted by atomic mass is 10.1. The molecule has 9 nitrogen and oxygen atoms in total. The van der Waals surface area contributed by atoms with E-state index in [1.165, 1.54) is 35.9 Å². The number of nitrogens with zero attached hydrogens (tertiary/aromatic N) is 3. The van der Waals surface area contributed by atoms with Crippen LogP contribution in [-0.2, 0) is 19.6 Å². The third-order valence-electron chi connectivity index (χ3n) is 6.80. The molecule has 3 aliphatic rings. The quantitative estimate of drug-likeness (QED) is 0.548. The number of likely N-dealkylation sites (tertiary alicyclic amines) is 3. The first kappa shape index (κ1) is 24.3. The Balaban J connectivity index is 1.37. The molecule has 182 valence electrons. The first-order valence-electron chi connectivity index (χ1n) is 11.6. The average molecular weight is 498 g/mol. The van der Waals surface area contributed by atoms with E-state index in [1.807, 2.05) is 4.90 Å². The van der Waals surface area contributed by atoms with Crippen LogP contribution >= 0.6 is 11.6 Å². The summed E-state index contributed by atoms with van der Waals surface area (Å²) in [4.78, 5) is 31.9. The Morgan fingerprint density at radius 2 is 1.82 bits per heavy atom. The minimum Gasteiger partial charge on any atom is -0.398 e. The van der Waals surface area contributed by atoms with Gasteiger partial charge >= 0.3 is 0 Å². The molecule has 2 amide bonds. The maximum absolute atomic E-state index is 13.1. The van der Waals surface area contributed by atoms with E-state index >= 15 is 0 Å². The molecular weight excluding hydrogens is 466 g/mol. The maximum Gasteiger partial charge on any atom is 0.242 e. The second kappa shape index (κ2) is 10.2. The monoisotopic (exact) mass is 497 g/mol. The lowest BCUT2D eigenvalue weighted by Gasteiger charge is -2.34. The summed E-state index contributed by atoms with van der Waals surface area (Å²) in [6.07, 6.45) is 5.39. The first-order chi connectivity index (χ1) is 15.7. The molecule has 3 aliphatic heterocycles. The molecular formula is C22H32ClN5O4S. The van der Waals surface area contributed by atoms with E-state index in [4.69, 9.17) is 17.3 Å². The van der Waals surface area contributed by atoms with E-state index < -0.39 is 16.1 Å². The Morgan fingerprint density at radius 1 is 1.09 bits per heavy atom. The molecule has 0 radical (unpaired) electrons. The molecule has 3 N–H and O–H groups in total. The van der Waals surface area contributed by atoms with Crippen LogP contribution < -0.4 is 10.5 Å². The number of amides is 2. The van der Waals surface area contributed by atoms with Crippen molar-refractivity contribution in [1.82, 2.24) is 19.4 Å². The van der Waals surface area contributed by atoms with E-state index in [-0.39, 0.29) is 40.0 Å². The van der Waals surface area contributed by atoms with Crippen LogP contribution in [0.4, 0.5) is 5.69 Å². The van der Waals surface area contributed by atoms with Gasteiger partial charge in [0.15, 0.2) is 0 Å². The minimum absolute atomic E-state index is 0.0126. The van der Waals surface area contributed by atoms with Gasteiger partial charge in [0.1, 0.15) is 6.04 Å². The highest BCUT2D eigenvalue weighted by molar-refractivity contribution is 7.89. The number of nitrogens with one attached hydrogen (secondary N) is 1. The zero-order valence-corrected chi connectivity index (χ0v) is 20.3. The largest absolute Gasteiger partial charge is 0.398 e. The van der Waals surface area contributed by atoms with Crippen LogP contribution in [0.2, 0.25) is 5.02 Å². The third-order valence-corrected chi connectivity index (χ3v) is 8.60. The van der Waals surface area contributed by atoms with Crippen molar-refractivity contribution in [3.05, 3.63) is 23.2 Å². The predicted molar refractivity (Wildman–Crippen MR) is 126 cm³/mol. The molecule has 0 saturated carbocycles. The fourth-order valence-corrected chi connectivity index (χ4v) is 6.50. The number of halogens is 1. The number of carbonyl (C=O) groups excluding carboxylic acids is 2. The molecule has 3 fully saturated rings. The van der Waals surface area contributed by atoms with E-state index in [0.717, 1.165) is 32.5 Å². The SMILES string of the molecule is Nc1ccc(S(=O)(=O)N[C@H]2CCCN(CC(=O)N3CCC[C@H]3CN3CCCC3)C2=O)cc1Cl. The molecule has 2 atom stereocenters. The summed E-state index contributed by atoms with van der Waals surface area (Å²) in [6, 6.07) is 3.32. The van der Waals surface area contributed by atoms with Gasteiger partial charge in [-0.15, -0.1) is 0 Å². The Kier molecular flexibility index (Phi) is 7.47. The highest BCUT2D eigenvalue weighted by Crippen LogP contribution is 2.24. The van der Waals surface area contributed by atoms with Crippen LogP contribution in [0.15, 0.2) is 23.1 Å². The summed E-state index contributed by atoms with van der Waals surface area (Å²) in [6.45, 7) is 4.22. The number of sulfonamides is 1. The van der Waals surface area contributed by atoms with E-state index in [2.05, 4.69) is 9.62 Å². The van der Waals surface area contributed by atoms with Gasteiger partial charge in [0.25, 0.3) is 0 Å². The molecule has 11 heteroatoms. The van der Waals surface area contributed by atoms with Gasteiger partial charge < -0.3 is 20.4 Å². The predicted octanol–water partition coefficient (Wildman–Crippen LogP) is 1.28. The van der Waals surface area contributed by atoms with Gasteiger partial charge in [0.2, 0.25) is 21.8 Å². The zero-order valence-electron chi connectivity index (χ0n) is 18.7. The Labute approximate surface area is 200 Å². The molecule has 3 heterocycles. The maximum atomic E-state index is 13.1. The second-order valence-corrected chi connectivity index (χ2v) is 11.3. The Hall–Kier alpha value is -1.88. The van der Waals surface area contributed by atoms with Gasteiger partial charge in [0, 0.05) is 25.7 Å². The molecule has 0 unspecified atom stereocenters. The fraction of sp³-hybridized carbons (Fsp3) is 0.636. The standard InChI is InChI=1S/C22H32ClN5O4S/c23-18-13-17(7-8-19(18)24)33(31,32)25-20-6-4-11-27(22(20)30)15-21(29)28-12-3-5-16(28)14-26-9-1-2-10-26/h7-8,13,16,20,25H,1-6,9-12,14-15,24H2/t16-,20-/m0/s1. The van der Waals surface area contributed by atoms with Gasteiger partial charge in [-0.1, -0.05) is 11.6 Å². The van der Waals surface area contributed by atoms with Crippen LogP contribution in [0, 0.1) is 0 Å². The van der Waals surface area contributed by atoms with Crippen LogP contribution in [0.1, 0.15) is 38.5 Å². The van der Waals surface area contributed by atoms with Gasteiger partial charge in [-0.3, -0.25) is 9.59 Å². The van der Waals surface area contributed by atoms with Crippen molar-refractivity contribution in [2.75, 3.05) is 45.0 Å². The molecule has 4 rings (SSSR count). The number of piperidine rings is 1. The zero-order chi connectivity index (χ0) is 23.6. The van der Waals surface area contributed by atoms with E-state index in [9.17, 15) is 18.0 Å². The molecule has 3 saturated heterocycles. The van der Waals surface area contributed by atoms with Crippen molar-refractivity contribution >= 4 is 39.1 Å².